The van der Waals surface area contributed by atoms with Gasteiger partial charge < -0.3 is 29.9 Å². The number of hydrogen-bond donors (Lipinski definition) is 2. The number of fused-ring (bicyclic) bond motifs is 8. The van der Waals surface area contributed by atoms with E-state index in [0.717, 1.165) is 99.4 Å². The summed E-state index contributed by atoms with van der Waals surface area (Å²) >= 11 is 0. The van der Waals surface area contributed by atoms with Crippen LogP contribution in [-0.4, -0.2) is 84.9 Å². The summed E-state index contributed by atoms with van der Waals surface area (Å²) in [5.74, 6) is -0.200. The van der Waals surface area contributed by atoms with E-state index >= 15 is 0 Å². The van der Waals surface area contributed by atoms with Gasteiger partial charge in [0.05, 0.1) is 0 Å². The van der Waals surface area contributed by atoms with E-state index in [1.807, 2.05) is 36.4 Å². The molecular weight excluding hydrogens is 608 g/mol. The van der Waals surface area contributed by atoms with Gasteiger partial charge in [0.2, 0.25) is 0 Å². The molecule has 4 atom stereocenters. The van der Waals surface area contributed by atoms with Crippen LogP contribution in [0, 0.1) is 11.8 Å². The molecule has 0 radical (unpaired) electrons. The second-order valence-corrected chi connectivity index (χ2v) is 14.5. The van der Waals surface area contributed by atoms with Crippen molar-refractivity contribution in [3.63, 3.8) is 0 Å². The Balaban J connectivity index is 0.817. The third-order valence-corrected chi connectivity index (χ3v) is 11.7. The Morgan fingerprint density at radius 1 is 0.604 bits per heavy atom. The summed E-state index contributed by atoms with van der Waals surface area (Å²) in [4.78, 5) is 56.2. The highest BCUT2D eigenvalue weighted by Crippen LogP contribution is 2.37. The second kappa shape index (κ2) is 13.1. The molecule has 6 fully saturated rings. The maximum absolute atomic E-state index is 13.0. The number of nitrogens with one attached hydrogen (secondary N) is 2. The fraction of sp³-hybridized carbons (Fsp3) is 0.526. The van der Waals surface area contributed by atoms with E-state index in [9.17, 15) is 19.2 Å². The van der Waals surface area contributed by atoms with E-state index in [4.69, 9.17) is 9.47 Å². The van der Waals surface area contributed by atoms with Crippen molar-refractivity contribution in [1.82, 2.24) is 20.4 Å². The van der Waals surface area contributed by atoms with Gasteiger partial charge >= 0.3 is 11.9 Å². The molecule has 2 unspecified atom stereocenters. The molecule has 6 saturated heterocycles. The summed E-state index contributed by atoms with van der Waals surface area (Å²) in [5.41, 5.74) is 5.10. The van der Waals surface area contributed by atoms with Crippen LogP contribution in [0.15, 0.2) is 48.6 Å². The maximum atomic E-state index is 13.0. The number of nitrogens with zero attached hydrogens (tertiary/aromatic N) is 2. The van der Waals surface area contributed by atoms with Crippen LogP contribution < -0.4 is 10.6 Å². The zero-order chi connectivity index (χ0) is 32.8. The Morgan fingerprint density at radius 3 is 1.40 bits per heavy atom. The Morgan fingerprint density at radius 2 is 1.02 bits per heavy atom. The van der Waals surface area contributed by atoms with Crippen LogP contribution >= 0.6 is 0 Å². The molecule has 2 aliphatic carbocycles. The number of esters is 2. The summed E-state index contributed by atoms with van der Waals surface area (Å²) in [7, 11) is 0. The van der Waals surface area contributed by atoms with Gasteiger partial charge in [0.25, 0.3) is 11.8 Å². The third kappa shape index (κ3) is 6.40. The minimum atomic E-state index is -0.612. The minimum Gasteiger partial charge on any atom is -0.454 e. The molecule has 2 amide bonds. The van der Waals surface area contributed by atoms with Crippen molar-refractivity contribution in [2.24, 2.45) is 11.8 Å². The molecule has 2 aromatic rings. The van der Waals surface area contributed by atoms with E-state index in [2.05, 4.69) is 20.4 Å². The highest BCUT2D eigenvalue weighted by molar-refractivity contribution is 5.95. The molecule has 0 aromatic heterocycles. The van der Waals surface area contributed by atoms with Crippen LogP contribution in [-0.2, 0) is 31.9 Å². The van der Waals surface area contributed by atoms with Crippen molar-refractivity contribution in [3.8, 4) is 0 Å². The first-order valence-corrected chi connectivity index (χ1v) is 17.8. The quantitative estimate of drug-likeness (QED) is 0.328. The van der Waals surface area contributed by atoms with Crippen molar-refractivity contribution in [2.75, 3.05) is 39.3 Å². The second-order valence-electron chi connectivity index (χ2n) is 14.5. The standard InChI is InChI=1S/C38H44N4O6/c43-35(47-33-7-3-25-19-27(1-5-29(25)33)37(45)39-31-21-41-15-11-23(31)12-16-41)9-10-36(44)48-34-8-4-26-20-28(2-6-30(26)34)38(46)40-32-22-42-17-13-24(32)14-18-42/h1-2,5-6,9-10,19-20,23-24,31-34H,3-4,7-8,11-18,21-22H2,(H,39,45)(H,40,46)/b10-9+/t31-,32-,33?,34?/m0/s1. The number of ether oxygens (including phenoxy) is 2. The van der Waals surface area contributed by atoms with Crippen LogP contribution in [0.1, 0.15) is 93.7 Å². The van der Waals surface area contributed by atoms with E-state index in [0.29, 0.717) is 48.6 Å². The molecule has 10 heteroatoms. The molecule has 0 spiro atoms. The van der Waals surface area contributed by atoms with Crippen molar-refractivity contribution in [3.05, 3.63) is 81.9 Å². The van der Waals surface area contributed by atoms with Crippen LogP contribution in [0.3, 0.4) is 0 Å². The van der Waals surface area contributed by atoms with Gasteiger partial charge in [-0.1, -0.05) is 12.1 Å². The normalized spacial score (nSPS) is 31.2. The lowest BCUT2D eigenvalue weighted by Crippen LogP contribution is -2.57. The number of carbonyl (C=O) groups is 4. The molecular formula is C38H44N4O6. The van der Waals surface area contributed by atoms with Crippen LogP contribution in [0.5, 0.6) is 0 Å². The van der Waals surface area contributed by atoms with Gasteiger partial charge in [0, 0.05) is 48.5 Å². The summed E-state index contributed by atoms with van der Waals surface area (Å²) in [5, 5.41) is 6.50. The molecule has 48 heavy (non-hydrogen) atoms. The number of amides is 2. The van der Waals surface area contributed by atoms with Crippen molar-refractivity contribution in [2.45, 2.75) is 75.7 Å². The van der Waals surface area contributed by atoms with Crippen molar-refractivity contribution >= 4 is 23.8 Å². The molecule has 2 aromatic carbocycles. The Kier molecular flexibility index (Phi) is 8.54. The SMILES string of the molecule is O=C(/C=C/C(=O)OC1CCc2cc(C(=O)N[C@H]3CN4CCC3CC4)ccc21)OC1CCc2cc(C(=O)N[C@H]3CN4CCC3CC4)ccc21. The first kappa shape index (κ1) is 31.3. The molecule has 2 N–H and O–H groups in total. The number of hydrogen-bond acceptors (Lipinski definition) is 8. The number of carbonyl (C=O) groups excluding carboxylic acids is 4. The average Bonchev–Trinajstić information content (AvgIpc) is 3.71. The van der Waals surface area contributed by atoms with Gasteiger partial charge in [-0.2, -0.15) is 0 Å². The zero-order valence-electron chi connectivity index (χ0n) is 27.3. The first-order valence-electron chi connectivity index (χ1n) is 17.8. The Hall–Kier alpha value is -4.02. The molecule has 6 heterocycles. The summed E-state index contributed by atoms with van der Waals surface area (Å²) < 4.78 is 11.4. The lowest BCUT2D eigenvalue weighted by molar-refractivity contribution is -0.146. The molecule has 4 bridgehead atoms. The number of aryl methyl sites for hydroxylation is 2. The third-order valence-electron chi connectivity index (χ3n) is 11.7. The highest BCUT2D eigenvalue weighted by Gasteiger charge is 2.37. The predicted molar refractivity (Wildman–Crippen MR) is 177 cm³/mol. The monoisotopic (exact) mass is 652 g/mol. The lowest BCUT2D eigenvalue weighted by atomic mass is 9.84. The molecule has 252 valence electrons. The molecule has 10 nitrogen and oxygen atoms in total. The molecule has 8 aliphatic rings. The van der Waals surface area contributed by atoms with E-state index in [1.54, 1.807) is 0 Å². The minimum absolute atomic E-state index is 0.0473. The molecule has 6 aliphatic heterocycles. The van der Waals surface area contributed by atoms with Crippen LogP contribution in [0.25, 0.3) is 0 Å². The van der Waals surface area contributed by atoms with E-state index in [1.165, 1.54) is 0 Å². The van der Waals surface area contributed by atoms with E-state index < -0.39 is 24.1 Å². The smallest absolute Gasteiger partial charge is 0.331 e. The highest BCUT2D eigenvalue weighted by atomic mass is 16.5. The van der Waals surface area contributed by atoms with Crippen molar-refractivity contribution in [1.29, 1.82) is 0 Å². The Labute approximate surface area is 281 Å². The summed E-state index contributed by atoms with van der Waals surface area (Å²) in [6, 6.07) is 11.6. The van der Waals surface area contributed by atoms with Gasteiger partial charge in [-0.25, -0.2) is 9.59 Å². The number of benzene rings is 2. The van der Waals surface area contributed by atoms with Gasteiger partial charge in [-0.3, -0.25) is 9.59 Å². The fourth-order valence-corrected chi connectivity index (χ4v) is 8.94. The summed E-state index contributed by atoms with van der Waals surface area (Å²) in [6.45, 7) is 6.37. The maximum Gasteiger partial charge on any atom is 0.331 e. The topological polar surface area (TPSA) is 117 Å². The fourth-order valence-electron chi connectivity index (χ4n) is 8.94. The largest absolute Gasteiger partial charge is 0.454 e. The zero-order valence-corrected chi connectivity index (χ0v) is 27.3. The average molecular weight is 653 g/mol. The lowest BCUT2D eigenvalue weighted by Gasteiger charge is -2.44. The van der Waals surface area contributed by atoms with Crippen LogP contribution in [0.4, 0.5) is 0 Å². The predicted octanol–water partition coefficient (Wildman–Crippen LogP) is 3.65. The molecule has 10 rings (SSSR count). The van der Waals surface area contributed by atoms with Gasteiger partial charge in [0.15, 0.2) is 0 Å². The first-order chi connectivity index (χ1) is 23.4. The number of rotatable bonds is 8. The van der Waals surface area contributed by atoms with Gasteiger partial charge in [-0.05, 0) is 136 Å². The Bertz CT molecular complexity index is 1520. The van der Waals surface area contributed by atoms with E-state index in [-0.39, 0.29) is 23.9 Å². The van der Waals surface area contributed by atoms with Crippen LogP contribution in [0.2, 0.25) is 0 Å². The van der Waals surface area contributed by atoms with Crippen molar-refractivity contribution < 1.29 is 28.7 Å². The summed E-state index contributed by atoms with van der Waals surface area (Å²) in [6.07, 6.45) is 8.64. The van der Waals surface area contributed by atoms with Gasteiger partial charge in [-0.15, -0.1) is 0 Å². The number of piperidine rings is 6. The molecule has 0 saturated carbocycles. The van der Waals surface area contributed by atoms with Gasteiger partial charge in [0.1, 0.15) is 12.2 Å².